The molecule has 0 aromatic heterocycles. The fraction of sp³-hybridized carbons (Fsp3) is 0.318. The first-order valence-electron chi connectivity index (χ1n) is 9.55. The molecule has 2 atom stereocenters. The van der Waals surface area contributed by atoms with Gasteiger partial charge in [-0.05, 0) is 35.4 Å². The second kappa shape index (κ2) is 7.11. The zero-order valence-electron chi connectivity index (χ0n) is 15.8. The third kappa shape index (κ3) is 3.05. The van der Waals surface area contributed by atoms with Gasteiger partial charge >= 0.3 is 6.03 Å². The van der Waals surface area contributed by atoms with Gasteiger partial charge in [0, 0.05) is 6.54 Å². The summed E-state index contributed by atoms with van der Waals surface area (Å²) in [5, 5.41) is 5.67. The zero-order chi connectivity index (χ0) is 19.7. The number of benzene rings is 2. The topological polar surface area (TPSA) is 78.5 Å². The van der Waals surface area contributed by atoms with Crippen LogP contribution in [0.4, 0.5) is 4.79 Å². The summed E-state index contributed by atoms with van der Waals surface area (Å²) in [6.45, 7) is 2.20. The van der Waals surface area contributed by atoms with Crippen LogP contribution in [0, 0.1) is 0 Å². The van der Waals surface area contributed by atoms with E-state index in [0.717, 1.165) is 28.0 Å². The highest BCUT2D eigenvalue weighted by Gasteiger charge is 2.55. The molecule has 2 aliphatic rings. The third-order valence-electron chi connectivity index (χ3n) is 5.70. The molecule has 28 heavy (non-hydrogen) atoms. The number of urea groups is 1. The van der Waals surface area contributed by atoms with Crippen molar-refractivity contribution >= 4 is 17.8 Å². The lowest BCUT2D eigenvalue weighted by Crippen LogP contribution is -2.44. The lowest BCUT2D eigenvalue weighted by atomic mass is 9.92. The summed E-state index contributed by atoms with van der Waals surface area (Å²) in [4.78, 5) is 38.9. The summed E-state index contributed by atoms with van der Waals surface area (Å²) in [6, 6.07) is 17.0. The fourth-order valence-electron chi connectivity index (χ4n) is 4.10. The molecule has 0 saturated carbocycles. The van der Waals surface area contributed by atoms with E-state index >= 15 is 0 Å². The highest BCUT2D eigenvalue weighted by Crippen LogP contribution is 2.41. The van der Waals surface area contributed by atoms with E-state index < -0.39 is 11.6 Å². The van der Waals surface area contributed by atoms with Crippen molar-refractivity contribution < 1.29 is 14.4 Å². The number of imide groups is 1. The van der Waals surface area contributed by atoms with Crippen LogP contribution in [0.25, 0.3) is 0 Å². The van der Waals surface area contributed by atoms with Gasteiger partial charge in [0.15, 0.2) is 0 Å². The zero-order valence-corrected chi connectivity index (χ0v) is 15.8. The Morgan fingerprint density at radius 2 is 1.86 bits per heavy atom. The molecule has 1 spiro atoms. The summed E-state index contributed by atoms with van der Waals surface area (Å²) >= 11 is 0. The van der Waals surface area contributed by atoms with Crippen molar-refractivity contribution in [2.24, 2.45) is 0 Å². The molecule has 2 aromatic rings. The molecular formula is C22H23N3O3. The van der Waals surface area contributed by atoms with E-state index in [1.54, 1.807) is 0 Å². The smallest absolute Gasteiger partial charge is 0.325 e. The highest BCUT2D eigenvalue weighted by molar-refractivity contribution is 6.09. The van der Waals surface area contributed by atoms with Gasteiger partial charge in [-0.25, -0.2) is 4.79 Å². The first-order valence-corrected chi connectivity index (χ1v) is 9.55. The second-order valence-electron chi connectivity index (χ2n) is 7.50. The van der Waals surface area contributed by atoms with E-state index in [1.807, 2.05) is 61.5 Å². The van der Waals surface area contributed by atoms with Crippen molar-refractivity contribution in [3.63, 3.8) is 0 Å². The molecule has 2 aromatic carbocycles. The fourth-order valence-corrected chi connectivity index (χ4v) is 4.10. The number of carbonyl (C=O) groups is 3. The van der Waals surface area contributed by atoms with E-state index in [4.69, 9.17) is 0 Å². The maximum Gasteiger partial charge on any atom is 0.325 e. The maximum absolute atomic E-state index is 13.1. The van der Waals surface area contributed by atoms with Gasteiger partial charge in [0.2, 0.25) is 5.91 Å². The quantitative estimate of drug-likeness (QED) is 0.785. The van der Waals surface area contributed by atoms with Crippen LogP contribution in [0.3, 0.4) is 0 Å². The Morgan fingerprint density at radius 3 is 2.64 bits per heavy atom. The number of amides is 4. The largest absolute Gasteiger partial charge is 0.354 e. The van der Waals surface area contributed by atoms with Gasteiger partial charge in [0.25, 0.3) is 5.91 Å². The lowest BCUT2D eigenvalue weighted by molar-refractivity contribution is -0.135. The van der Waals surface area contributed by atoms with Crippen molar-refractivity contribution in [2.75, 3.05) is 13.1 Å². The first-order chi connectivity index (χ1) is 13.5. The molecule has 1 fully saturated rings. The average Bonchev–Trinajstić information content (AvgIpc) is 3.20. The van der Waals surface area contributed by atoms with E-state index in [9.17, 15) is 14.4 Å². The molecule has 2 N–H and O–H groups in total. The number of aryl methyl sites for hydroxylation is 1. The van der Waals surface area contributed by atoms with Crippen LogP contribution in [0.2, 0.25) is 0 Å². The molecule has 0 bridgehead atoms. The molecule has 4 rings (SSSR count). The molecule has 144 valence electrons. The number of carbonyl (C=O) groups excluding carboxylic acids is 3. The van der Waals surface area contributed by atoms with Crippen LogP contribution in [0.5, 0.6) is 0 Å². The van der Waals surface area contributed by atoms with Gasteiger partial charge in [-0.2, -0.15) is 0 Å². The van der Waals surface area contributed by atoms with E-state index in [2.05, 4.69) is 10.6 Å². The van der Waals surface area contributed by atoms with Crippen molar-refractivity contribution in [3.05, 3.63) is 71.3 Å². The van der Waals surface area contributed by atoms with Gasteiger partial charge in [0.1, 0.15) is 12.1 Å². The normalized spacial score (nSPS) is 21.5. The van der Waals surface area contributed by atoms with Crippen molar-refractivity contribution in [3.8, 4) is 0 Å². The van der Waals surface area contributed by atoms with E-state index in [0.29, 0.717) is 13.0 Å². The molecule has 6 nitrogen and oxygen atoms in total. The number of hydrogen-bond acceptors (Lipinski definition) is 3. The minimum absolute atomic E-state index is 0.140. The number of fused-ring (bicyclic) bond motifs is 2. The Balaban J connectivity index is 1.41. The molecule has 6 heteroatoms. The third-order valence-corrected chi connectivity index (χ3v) is 5.70. The summed E-state index contributed by atoms with van der Waals surface area (Å²) in [5.74, 6) is -0.537. The van der Waals surface area contributed by atoms with Crippen molar-refractivity contribution in [1.82, 2.24) is 15.5 Å². The second-order valence-corrected chi connectivity index (χ2v) is 7.50. The Hall–Kier alpha value is -3.15. The summed E-state index contributed by atoms with van der Waals surface area (Å²) < 4.78 is 0. The number of nitrogens with one attached hydrogen (secondary N) is 2. The van der Waals surface area contributed by atoms with Crippen LogP contribution in [-0.4, -0.2) is 35.8 Å². The number of nitrogens with zero attached hydrogens (tertiary/aromatic N) is 1. The maximum atomic E-state index is 13.1. The minimum Gasteiger partial charge on any atom is -0.354 e. The van der Waals surface area contributed by atoms with Crippen molar-refractivity contribution in [1.29, 1.82) is 0 Å². The van der Waals surface area contributed by atoms with Crippen LogP contribution < -0.4 is 10.6 Å². The summed E-state index contributed by atoms with van der Waals surface area (Å²) in [6.07, 6.45) is 1.26. The number of hydrogen-bond donors (Lipinski definition) is 2. The van der Waals surface area contributed by atoms with E-state index in [-0.39, 0.29) is 24.3 Å². The molecule has 1 aliphatic heterocycles. The summed E-state index contributed by atoms with van der Waals surface area (Å²) in [5.41, 5.74) is 2.01. The van der Waals surface area contributed by atoms with Crippen LogP contribution in [0.1, 0.15) is 36.0 Å². The Labute approximate surface area is 163 Å². The molecule has 2 unspecified atom stereocenters. The highest BCUT2D eigenvalue weighted by atomic mass is 16.2. The van der Waals surface area contributed by atoms with Crippen LogP contribution in [-0.2, 0) is 21.5 Å². The lowest BCUT2D eigenvalue weighted by Gasteiger charge is -2.22. The number of rotatable bonds is 5. The summed E-state index contributed by atoms with van der Waals surface area (Å²) in [7, 11) is 0. The van der Waals surface area contributed by atoms with Gasteiger partial charge < -0.3 is 10.6 Å². The molecular weight excluding hydrogens is 354 g/mol. The van der Waals surface area contributed by atoms with E-state index in [1.165, 1.54) is 0 Å². The predicted molar refractivity (Wildman–Crippen MR) is 105 cm³/mol. The monoisotopic (exact) mass is 377 g/mol. The van der Waals surface area contributed by atoms with Crippen LogP contribution >= 0.6 is 0 Å². The van der Waals surface area contributed by atoms with Crippen molar-refractivity contribution in [2.45, 2.75) is 31.2 Å². The minimum atomic E-state index is -1.02. The molecule has 1 heterocycles. The molecule has 1 aliphatic carbocycles. The molecule has 0 radical (unpaired) electrons. The predicted octanol–water partition coefficient (Wildman–Crippen LogP) is 2.30. The van der Waals surface area contributed by atoms with Crippen LogP contribution in [0.15, 0.2) is 54.6 Å². The Bertz CT molecular complexity index is 928. The Kier molecular flexibility index (Phi) is 4.63. The SMILES string of the molecule is CC(CNC(=O)CN1C(=O)NC2(CCc3ccccc32)C1=O)c1ccccc1. The van der Waals surface area contributed by atoms with Gasteiger partial charge in [-0.1, -0.05) is 61.5 Å². The van der Waals surface area contributed by atoms with Gasteiger partial charge in [-0.3, -0.25) is 14.5 Å². The standard InChI is InChI=1S/C22H23N3O3/c1-15(16-7-3-2-4-8-16)13-23-19(26)14-25-20(27)22(24-21(25)28)12-11-17-9-5-6-10-18(17)22/h2-10,15H,11-14H2,1H3,(H,23,26)(H,24,28). The van der Waals surface area contributed by atoms with Gasteiger partial charge in [-0.15, -0.1) is 0 Å². The Morgan fingerprint density at radius 1 is 1.14 bits per heavy atom. The molecule has 4 amide bonds. The average molecular weight is 377 g/mol. The van der Waals surface area contributed by atoms with Gasteiger partial charge in [0.05, 0.1) is 0 Å². The molecule has 1 saturated heterocycles. The first kappa shape index (κ1) is 18.2.